The second-order valence-electron chi connectivity index (χ2n) is 11.6. The number of aliphatic hydroxyl groups is 1. The Kier molecular flexibility index (Phi) is 7.88. The fourth-order valence-electron chi connectivity index (χ4n) is 5.11. The average molecular weight is 554 g/mol. The molecule has 1 aromatic heterocycles. The molecule has 2 aromatic carbocycles. The summed E-state index contributed by atoms with van der Waals surface area (Å²) in [7, 11) is 0. The number of halogens is 1. The van der Waals surface area contributed by atoms with Gasteiger partial charge in [0.15, 0.2) is 4.90 Å². The fraction of sp³-hybridized carbons (Fsp3) is 0.467. The number of carbonyl (C=O) groups is 1. The van der Waals surface area contributed by atoms with Crippen LogP contribution in [0.15, 0.2) is 46.2 Å². The van der Waals surface area contributed by atoms with Gasteiger partial charge in [-0.3, -0.25) is 9.59 Å². The molecule has 1 unspecified atom stereocenters. The highest BCUT2D eigenvalue weighted by atomic mass is 32.2. The summed E-state index contributed by atoms with van der Waals surface area (Å²) >= 11 is -1.38. The molecule has 208 valence electrons. The highest BCUT2D eigenvalue weighted by Crippen LogP contribution is 2.34. The zero-order valence-electron chi connectivity index (χ0n) is 22.7. The van der Waals surface area contributed by atoms with Crippen LogP contribution in [0.3, 0.4) is 0 Å². The highest BCUT2D eigenvalue weighted by Gasteiger charge is 2.31. The van der Waals surface area contributed by atoms with Crippen molar-refractivity contribution in [2.24, 2.45) is 5.41 Å². The Morgan fingerprint density at radius 3 is 2.56 bits per heavy atom. The van der Waals surface area contributed by atoms with E-state index >= 15 is 4.39 Å². The average Bonchev–Trinajstić information content (AvgIpc) is 3.75. The SMILES string of the molecule is Cc1c(F)cc(C(=O)NC2CC2)cc1-c1ccc2c(=O)n(CC(C)(C)CO)cc([S+]([O-])C3CCNCC3)c2c1. The van der Waals surface area contributed by atoms with Gasteiger partial charge in [-0.15, -0.1) is 0 Å². The number of aromatic nitrogens is 1. The smallest absolute Gasteiger partial charge is 0.258 e. The van der Waals surface area contributed by atoms with Crippen molar-refractivity contribution in [3.63, 3.8) is 0 Å². The van der Waals surface area contributed by atoms with Crippen LogP contribution in [-0.4, -0.2) is 51.1 Å². The third-order valence-corrected chi connectivity index (χ3v) is 9.55. The monoisotopic (exact) mass is 553 g/mol. The van der Waals surface area contributed by atoms with Crippen LogP contribution in [0.2, 0.25) is 0 Å². The van der Waals surface area contributed by atoms with Crippen molar-refractivity contribution in [1.82, 2.24) is 15.2 Å². The Morgan fingerprint density at radius 1 is 1.18 bits per heavy atom. The zero-order chi connectivity index (χ0) is 27.9. The summed E-state index contributed by atoms with van der Waals surface area (Å²) in [5.74, 6) is -0.783. The number of fused-ring (bicyclic) bond motifs is 1. The number of carbonyl (C=O) groups excluding carboxylic acids is 1. The number of nitrogens with one attached hydrogen (secondary N) is 2. The molecule has 39 heavy (non-hydrogen) atoms. The lowest BCUT2D eigenvalue weighted by Gasteiger charge is -2.28. The largest absolute Gasteiger partial charge is 0.611 e. The topological polar surface area (TPSA) is 106 Å². The Bertz CT molecular complexity index is 1460. The highest BCUT2D eigenvalue weighted by molar-refractivity contribution is 7.92. The van der Waals surface area contributed by atoms with Crippen LogP contribution in [0.1, 0.15) is 55.5 Å². The van der Waals surface area contributed by atoms with Crippen LogP contribution in [0, 0.1) is 18.2 Å². The minimum Gasteiger partial charge on any atom is -0.611 e. The standard InChI is InChI=1S/C30H36FN3O4S/c1-18-24(13-20(14-26(18)31)28(36)33-21-5-6-21)19-4-7-23-25(12-19)27(39(38)22-8-10-32-11-9-22)15-34(29(23)37)16-30(2,3)17-35/h4,7,12-15,21-22,32,35H,5-6,8-11,16-17H2,1-3H3,(H,33,36). The van der Waals surface area contributed by atoms with Crippen molar-refractivity contribution in [2.75, 3.05) is 19.7 Å². The van der Waals surface area contributed by atoms with E-state index in [-0.39, 0.29) is 41.5 Å². The number of amides is 1. The van der Waals surface area contributed by atoms with Gasteiger partial charge in [0.25, 0.3) is 11.5 Å². The summed E-state index contributed by atoms with van der Waals surface area (Å²) in [6.07, 6.45) is 5.06. The Morgan fingerprint density at radius 2 is 1.90 bits per heavy atom. The van der Waals surface area contributed by atoms with Gasteiger partial charge in [-0.25, -0.2) is 4.39 Å². The normalized spacial score (nSPS) is 17.4. The molecular formula is C30H36FN3O4S. The van der Waals surface area contributed by atoms with Gasteiger partial charge >= 0.3 is 0 Å². The van der Waals surface area contributed by atoms with Gasteiger partial charge in [0.2, 0.25) is 0 Å². The summed E-state index contributed by atoms with van der Waals surface area (Å²) in [6.45, 7) is 7.16. The van der Waals surface area contributed by atoms with Crippen molar-refractivity contribution < 1.29 is 18.8 Å². The maximum Gasteiger partial charge on any atom is 0.258 e. The number of hydrogen-bond acceptors (Lipinski definition) is 5. The van der Waals surface area contributed by atoms with E-state index in [1.807, 2.05) is 13.8 Å². The molecule has 2 aliphatic rings. The number of piperidine rings is 1. The van der Waals surface area contributed by atoms with Crippen molar-refractivity contribution in [3.8, 4) is 11.1 Å². The summed E-state index contributed by atoms with van der Waals surface area (Å²) in [5.41, 5.74) is 1.08. The molecule has 2 heterocycles. The molecule has 7 nitrogen and oxygen atoms in total. The van der Waals surface area contributed by atoms with E-state index in [0.717, 1.165) is 38.8 Å². The number of rotatable bonds is 8. The first-order valence-electron chi connectivity index (χ1n) is 13.6. The minimum absolute atomic E-state index is 0.0523. The molecule has 0 bridgehead atoms. The molecule has 1 saturated carbocycles. The summed E-state index contributed by atoms with van der Waals surface area (Å²) in [4.78, 5) is 26.8. The minimum atomic E-state index is -1.38. The van der Waals surface area contributed by atoms with E-state index in [1.165, 1.54) is 6.07 Å². The van der Waals surface area contributed by atoms with Crippen LogP contribution in [0.25, 0.3) is 21.9 Å². The second-order valence-corrected chi connectivity index (χ2v) is 13.3. The molecule has 3 N–H and O–H groups in total. The maximum atomic E-state index is 15.0. The Balaban J connectivity index is 1.65. The maximum absolute atomic E-state index is 15.0. The molecule has 2 fully saturated rings. The molecule has 5 rings (SSSR count). The fourth-order valence-corrected chi connectivity index (χ4v) is 6.75. The third kappa shape index (κ3) is 5.91. The summed E-state index contributed by atoms with van der Waals surface area (Å²) in [6, 6.07) is 8.36. The predicted molar refractivity (Wildman–Crippen MR) is 152 cm³/mol. The van der Waals surface area contributed by atoms with E-state index in [9.17, 15) is 19.2 Å². The molecule has 0 spiro atoms. The van der Waals surface area contributed by atoms with Gasteiger partial charge in [0.1, 0.15) is 11.1 Å². The van der Waals surface area contributed by atoms with E-state index in [4.69, 9.17) is 0 Å². The van der Waals surface area contributed by atoms with Crippen molar-refractivity contribution in [2.45, 2.75) is 69.2 Å². The molecule has 1 aliphatic heterocycles. The van der Waals surface area contributed by atoms with Gasteiger partial charge in [-0.05, 0) is 85.0 Å². The summed E-state index contributed by atoms with van der Waals surface area (Å²) in [5, 5.41) is 17.0. The first-order valence-corrected chi connectivity index (χ1v) is 14.8. The number of aliphatic hydroxyl groups excluding tert-OH is 1. The molecule has 1 saturated heterocycles. The van der Waals surface area contributed by atoms with Crippen LogP contribution in [0.4, 0.5) is 4.39 Å². The summed E-state index contributed by atoms with van der Waals surface area (Å²) < 4.78 is 30.5. The first kappa shape index (κ1) is 27.8. The van der Waals surface area contributed by atoms with Crippen LogP contribution in [-0.2, 0) is 17.7 Å². The quantitative estimate of drug-likeness (QED) is 0.367. The van der Waals surface area contributed by atoms with E-state index < -0.39 is 22.4 Å². The Hall–Kier alpha value is -2.72. The number of nitrogens with zero attached hydrogens (tertiary/aromatic N) is 1. The molecular weight excluding hydrogens is 517 g/mol. The Labute approximate surface area is 231 Å². The van der Waals surface area contributed by atoms with E-state index in [1.54, 1.807) is 42.0 Å². The first-order chi connectivity index (χ1) is 18.6. The lowest BCUT2D eigenvalue weighted by atomic mass is 9.94. The van der Waals surface area contributed by atoms with E-state index in [2.05, 4.69) is 10.6 Å². The van der Waals surface area contributed by atoms with Gasteiger partial charge in [0.05, 0.1) is 11.6 Å². The van der Waals surface area contributed by atoms with Crippen molar-refractivity contribution >= 4 is 27.9 Å². The van der Waals surface area contributed by atoms with Gasteiger partial charge in [-0.2, -0.15) is 0 Å². The molecule has 3 aromatic rings. The van der Waals surface area contributed by atoms with E-state index in [0.29, 0.717) is 32.4 Å². The van der Waals surface area contributed by atoms with Crippen molar-refractivity contribution in [1.29, 1.82) is 0 Å². The second kappa shape index (κ2) is 11.0. The van der Waals surface area contributed by atoms with Gasteiger partial charge in [-0.1, -0.05) is 19.9 Å². The third-order valence-electron chi connectivity index (χ3n) is 7.71. The number of pyridine rings is 1. The molecule has 9 heteroatoms. The lowest BCUT2D eigenvalue weighted by Crippen LogP contribution is -2.37. The molecule has 1 amide bonds. The number of hydrogen-bond donors (Lipinski definition) is 3. The zero-order valence-corrected chi connectivity index (χ0v) is 23.5. The molecule has 0 radical (unpaired) electrons. The predicted octanol–water partition coefficient (Wildman–Crippen LogP) is 3.89. The van der Waals surface area contributed by atoms with Crippen LogP contribution >= 0.6 is 0 Å². The van der Waals surface area contributed by atoms with Gasteiger partial charge in [0, 0.05) is 48.4 Å². The van der Waals surface area contributed by atoms with Crippen LogP contribution < -0.4 is 16.2 Å². The molecule has 1 aliphatic carbocycles. The molecule has 1 atom stereocenters. The number of benzene rings is 2. The lowest BCUT2D eigenvalue weighted by molar-refractivity contribution is 0.0950. The van der Waals surface area contributed by atoms with Gasteiger partial charge < -0.3 is 24.9 Å². The van der Waals surface area contributed by atoms with Crippen molar-refractivity contribution in [3.05, 3.63) is 63.8 Å². The van der Waals surface area contributed by atoms with Crippen LogP contribution in [0.5, 0.6) is 0 Å².